The molecule has 0 fully saturated rings. The summed E-state index contributed by atoms with van der Waals surface area (Å²) in [5.41, 5.74) is 7.18. The lowest BCUT2D eigenvalue weighted by Crippen LogP contribution is -1.88. The van der Waals surface area contributed by atoms with Gasteiger partial charge in [-0.3, -0.25) is 0 Å². The monoisotopic (exact) mass is 294 g/mol. The molecule has 0 radical (unpaired) electrons. The van der Waals surface area contributed by atoms with Gasteiger partial charge < -0.3 is 10.3 Å². The predicted molar refractivity (Wildman–Crippen MR) is 69.9 cm³/mol. The van der Waals surface area contributed by atoms with Gasteiger partial charge in [0.05, 0.1) is 11.3 Å². The number of benzene rings is 1. The van der Waals surface area contributed by atoms with E-state index in [0.717, 1.165) is 29.7 Å². The Hall–Kier alpha value is -2.35. The van der Waals surface area contributed by atoms with Crippen LogP contribution in [0.3, 0.4) is 0 Å². The minimum absolute atomic E-state index is 0.0865. The highest BCUT2D eigenvalue weighted by molar-refractivity contribution is 7.10. The third-order valence-electron chi connectivity index (χ3n) is 2.65. The smallest absolute Gasteiger partial charge is 0.263 e. The Morgan fingerprint density at radius 3 is 2.50 bits per heavy atom. The number of rotatable bonds is 2. The van der Waals surface area contributed by atoms with Gasteiger partial charge in [-0.15, -0.1) is 0 Å². The number of halogens is 2. The Morgan fingerprint density at radius 1 is 1.20 bits per heavy atom. The normalized spacial score (nSPS) is 10.9. The molecule has 0 aliphatic rings. The van der Waals surface area contributed by atoms with Crippen LogP contribution in [0.15, 0.2) is 22.7 Å². The minimum atomic E-state index is -0.709. The lowest BCUT2D eigenvalue weighted by molar-refractivity contribution is 0.432. The number of aryl methyl sites for hydroxylation is 1. The fraction of sp³-hybridized carbons (Fsp3) is 0.0833. The van der Waals surface area contributed by atoms with Crippen molar-refractivity contribution in [2.75, 3.05) is 5.73 Å². The Bertz CT molecular complexity index is 744. The van der Waals surface area contributed by atoms with Crippen LogP contribution < -0.4 is 5.73 Å². The maximum Gasteiger partial charge on any atom is 0.263 e. The molecule has 0 aliphatic heterocycles. The van der Waals surface area contributed by atoms with Crippen molar-refractivity contribution >= 4 is 16.5 Å². The van der Waals surface area contributed by atoms with Crippen LogP contribution in [-0.2, 0) is 0 Å². The summed E-state index contributed by atoms with van der Waals surface area (Å²) in [7, 11) is 0. The molecule has 0 atom stereocenters. The standard InChI is InChI=1S/C12H8F2N4OS/c1-5-9(10(15)20-18-5)12-16-11(17-19-12)6-2-7(13)4-8(14)3-6/h2-4H,15H2,1H3. The summed E-state index contributed by atoms with van der Waals surface area (Å²) in [6.07, 6.45) is 0. The first-order valence-electron chi connectivity index (χ1n) is 5.57. The van der Waals surface area contributed by atoms with Crippen molar-refractivity contribution in [3.8, 4) is 22.8 Å². The van der Waals surface area contributed by atoms with Gasteiger partial charge in [0.2, 0.25) is 5.82 Å². The Morgan fingerprint density at radius 2 is 1.90 bits per heavy atom. The van der Waals surface area contributed by atoms with Gasteiger partial charge in [-0.2, -0.15) is 9.36 Å². The molecule has 5 nitrogen and oxygen atoms in total. The average Bonchev–Trinajstić information content (AvgIpc) is 2.95. The average molecular weight is 294 g/mol. The topological polar surface area (TPSA) is 77.8 Å². The molecule has 0 amide bonds. The van der Waals surface area contributed by atoms with Crippen LogP contribution in [0.25, 0.3) is 22.8 Å². The first kappa shape index (κ1) is 12.7. The van der Waals surface area contributed by atoms with Gasteiger partial charge in [-0.05, 0) is 30.6 Å². The van der Waals surface area contributed by atoms with Crippen molar-refractivity contribution in [2.45, 2.75) is 6.92 Å². The third kappa shape index (κ3) is 2.14. The van der Waals surface area contributed by atoms with E-state index in [1.165, 1.54) is 0 Å². The number of nitrogens with two attached hydrogens (primary N) is 1. The van der Waals surface area contributed by atoms with Crippen LogP contribution in [0.1, 0.15) is 5.69 Å². The van der Waals surface area contributed by atoms with Crippen molar-refractivity contribution in [3.05, 3.63) is 35.5 Å². The van der Waals surface area contributed by atoms with Gasteiger partial charge in [-0.25, -0.2) is 8.78 Å². The summed E-state index contributed by atoms with van der Waals surface area (Å²) in [5.74, 6) is -1.16. The molecule has 8 heteroatoms. The zero-order chi connectivity index (χ0) is 14.3. The zero-order valence-corrected chi connectivity index (χ0v) is 11.0. The van der Waals surface area contributed by atoms with E-state index >= 15 is 0 Å². The van der Waals surface area contributed by atoms with Crippen LogP contribution in [0.5, 0.6) is 0 Å². The highest BCUT2D eigenvalue weighted by Crippen LogP contribution is 2.32. The molecule has 0 bridgehead atoms. The van der Waals surface area contributed by atoms with Crippen LogP contribution in [-0.4, -0.2) is 14.5 Å². The van der Waals surface area contributed by atoms with Crippen molar-refractivity contribution in [3.63, 3.8) is 0 Å². The second kappa shape index (κ2) is 4.64. The number of anilines is 1. The molecule has 102 valence electrons. The van der Waals surface area contributed by atoms with E-state index in [9.17, 15) is 8.78 Å². The third-order valence-corrected chi connectivity index (χ3v) is 3.42. The van der Waals surface area contributed by atoms with Crippen molar-refractivity contribution < 1.29 is 13.3 Å². The van der Waals surface area contributed by atoms with Crippen LogP contribution in [0.4, 0.5) is 13.8 Å². The summed E-state index contributed by atoms with van der Waals surface area (Å²) in [6.45, 7) is 1.76. The number of nitrogens with zero attached hydrogens (tertiary/aromatic N) is 3. The van der Waals surface area contributed by atoms with Crippen molar-refractivity contribution in [1.29, 1.82) is 0 Å². The molecular weight excluding hydrogens is 286 g/mol. The Kier molecular flexibility index (Phi) is 2.94. The van der Waals surface area contributed by atoms with E-state index in [1.54, 1.807) is 6.92 Å². The highest BCUT2D eigenvalue weighted by atomic mass is 32.1. The fourth-order valence-corrected chi connectivity index (χ4v) is 2.43. The van der Waals surface area contributed by atoms with E-state index in [-0.39, 0.29) is 17.3 Å². The van der Waals surface area contributed by atoms with E-state index in [2.05, 4.69) is 14.5 Å². The lowest BCUT2D eigenvalue weighted by atomic mass is 10.2. The molecule has 2 heterocycles. The molecule has 0 saturated heterocycles. The molecule has 1 aromatic carbocycles. The van der Waals surface area contributed by atoms with Gasteiger partial charge in [0.25, 0.3) is 5.89 Å². The molecule has 0 unspecified atom stereocenters. The Labute approximate surface area is 116 Å². The largest absolute Gasteiger partial charge is 0.389 e. The highest BCUT2D eigenvalue weighted by Gasteiger charge is 2.18. The molecule has 3 aromatic rings. The molecule has 3 rings (SSSR count). The molecule has 2 aromatic heterocycles. The number of nitrogen functional groups attached to an aromatic ring is 1. The van der Waals surface area contributed by atoms with Gasteiger partial charge in [0, 0.05) is 11.6 Å². The maximum absolute atomic E-state index is 13.2. The summed E-state index contributed by atoms with van der Waals surface area (Å²) < 4.78 is 35.5. The second-order valence-electron chi connectivity index (χ2n) is 4.09. The second-order valence-corrected chi connectivity index (χ2v) is 4.89. The first-order chi connectivity index (χ1) is 9.54. The number of hydrogen-bond acceptors (Lipinski definition) is 6. The quantitative estimate of drug-likeness (QED) is 0.786. The number of aromatic nitrogens is 3. The van der Waals surface area contributed by atoms with Gasteiger partial charge >= 0.3 is 0 Å². The summed E-state index contributed by atoms with van der Waals surface area (Å²) >= 11 is 1.12. The lowest BCUT2D eigenvalue weighted by Gasteiger charge is -1.95. The molecule has 0 aliphatic carbocycles. The summed E-state index contributed by atoms with van der Waals surface area (Å²) in [6, 6.07) is 3.02. The minimum Gasteiger partial charge on any atom is -0.389 e. The van der Waals surface area contributed by atoms with E-state index in [1.807, 2.05) is 0 Å². The molecule has 20 heavy (non-hydrogen) atoms. The van der Waals surface area contributed by atoms with E-state index in [0.29, 0.717) is 16.3 Å². The summed E-state index contributed by atoms with van der Waals surface area (Å²) in [4.78, 5) is 4.10. The van der Waals surface area contributed by atoms with Crippen LogP contribution in [0.2, 0.25) is 0 Å². The number of hydrogen-bond donors (Lipinski definition) is 1. The van der Waals surface area contributed by atoms with Gasteiger partial charge in [-0.1, -0.05) is 5.16 Å². The molecule has 0 saturated carbocycles. The summed E-state index contributed by atoms with van der Waals surface area (Å²) in [5, 5.41) is 4.16. The predicted octanol–water partition coefficient (Wildman–Crippen LogP) is 3.03. The van der Waals surface area contributed by atoms with Gasteiger partial charge in [0.15, 0.2) is 0 Å². The zero-order valence-electron chi connectivity index (χ0n) is 10.2. The van der Waals surface area contributed by atoms with Crippen molar-refractivity contribution in [2.24, 2.45) is 0 Å². The molecule has 0 spiro atoms. The SMILES string of the molecule is Cc1nsc(N)c1-c1nc(-c2cc(F)cc(F)c2)no1. The Balaban J connectivity index is 2.06. The molecular formula is C12H8F2N4OS. The maximum atomic E-state index is 13.2. The van der Waals surface area contributed by atoms with Crippen LogP contribution in [0, 0.1) is 18.6 Å². The van der Waals surface area contributed by atoms with Crippen LogP contribution >= 0.6 is 11.5 Å². The van der Waals surface area contributed by atoms with Gasteiger partial charge in [0.1, 0.15) is 16.6 Å². The fourth-order valence-electron chi connectivity index (χ4n) is 1.77. The molecule has 2 N–H and O–H groups in total. The first-order valence-corrected chi connectivity index (χ1v) is 6.34. The van der Waals surface area contributed by atoms with E-state index in [4.69, 9.17) is 10.3 Å². The van der Waals surface area contributed by atoms with E-state index < -0.39 is 11.6 Å². The van der Waals surface area contributed by atoms with Crippen molar-refractivity contribution in [1.82, 2.24) is 14.5 Å².